The number of guanidine groups is 1. The normalized spacial score (nSPS) is 22.9. The van der Waals surface area contributed by atoms with E-state index in [-0.39, 0.29) is 24.0 Å². The van der Waals surface area contributed by atoms with Gasteiger partial charge in [0.25, 0.3) is 0 Å². The zero-order valence-electron chi connectivity index (χ0n) is 13.3. The fourth-order valence-corrected chi connectivity index (χ4v) is 3.24. The van der Waals surface area contributed by atoms with Gasteiger partial charge in [-0.2, -0.15) is 4.98 Å². The van der Waals surface area contributed by atoms with Crippen LogP contribution in [0.15, 0.2) is 9.52 Å². The number of aromatic nitrogens is 2. The van der Waals surface area contributed by atoms with Gasteiger partial charge in [-0.05, 0) is 32.4 Å². The number of nitrogens with zero attached hydrogens (tertiary/aromatic N) is 5. The first-order valence-electron chi connectivity index (χ1n) is 7.75. The summed E-state index contributed by atoms with van der Waals surface area (Å²) in [6.07, 6.45) is 3.92. The molecule has 2 aliphatic rings. The molecule has 0 spiro atoms. The van der Waals surface area contributed by atoms with E-state index >= 15 is 0 Å². The van der Waals surface area contributed by atoms with E-state index in [1.54, 1.807) is 6.92 Å². The van der Waals surface area contributed by atoms with E-state index in [0.717, 1.165) is 19.0 Å². The second-order valence-corrected chi connectivity index (χ2v) is 5.76. The van der Waals surface area contributed by atoms with E-state index in [4.69, 9.17) is 4.52 Å². The van der Waals surface area contributed by atoms with Crippen LogP contribution in [0.5, 0.6) is 0 Å². The van der Waals surface area contributed by atoms with Crippen molar-refractivity contribution in [2.75, 3.05) is 33.2 Å². The molecule has 3 rings (SSSR count). The smallest absolute Gasteiger partial charge is 0.223 e. The number of aliphatic imine (C=N–C) groups is 1. The maximum absolute atomic E-state index is 4.98. The van der Waals surface area contributed by atoms with Crippen molar-refractivity contribution in [3.63, 3.8) is 0 Å². The van der Waals surface area contributed by atoms with Crippen LogP contribution in [0.25, 0.3) is 0 Å². The fourth-order valence-electron chi connectivity index (χ4n) is 3.24. The van der Waals surface area contributed by atoms with Crippen molar-refractivity contribution in [3.05, 3.63) is 11.7 Å². The average Bonchev–Trinajstić information content (AvgIpc) is 3.19. The highest BCUT2D eigenvalue weighted by atomic mass is 127. The molecule has 2 aliphatic heterocycles. The molecule has 1 N–H and O–H groups in total. The van der Waals surface area contributed by atoms with Crippen LogP contribution in [0, 0.1) is 6.92 Å². The molecule has 22 heavy (non-hydrogen) atoms. The molecule has 2 fully saturated rings. The zero-order valence-corrected chi connectivity index (χ0v) is 15.6. The average molecular weight is 420 g/mol. The van der Waals surface area contributed by atoms with Gasteiger partial charge in [0.15, 0.2) is 11.8 Å². The lowest BCUT2D eigenvalue weighted by Crippen LogP contribution is -2.42. The highest BCUT2D eigenvalue weighted by molar-refractivity contribution is 14.0. The minimum Gasteiger partial charge on any atom is -0.349 e. The second-order valence-electron chi connectivity index (χ2n) is 5.76. The molecular weight excluding hydrogens is 395 g/mol. The molecule has 1 aromatic rings. The summed E-state index contributed by atoms with van der Waals surface area (Å²) < 4.78 is 4.98. The maximum atomic E-state index is 4.98. The molecule has 0 aliphatic carbocycles. The Morgan fingerprint density at radius 3 is 2.77 bits per heavy atom. The third-order valence-corrected chi connectivity index (χ3v) is 4.31. The van der Waals surface area contributed by atoms with E-state index in [1.165, 1.54) is 32.4 Å². The van der Waals surface area contributed by atoms with Crippen LogP contribution in [0.3, 0.4) is 0 Å². The summed E-state index contributed by atoms with van der Waals surface area (Å²) in [6, 6.07) is 0.679. The molecule has 0 amide bonds. The van der Waals surface area contributed by atoms with Gasteiger partial charge in [0.1, 0.15) is 0 Å². The highest BCUT2D eigenvalue weighted by Crippen LogP contribution is 2.20. The Labute approximate surface area is 148 Å². The number of likely N-dealkylation sites (tertiary alicyclic amines) is 2. The van der Waals surface area contributed by atoms with Crippen molar-refractivity contribution in [2.24, 2.45) is 4.99 Å². The highest BCUT2D eigenvalue weighted by Gasteiger charge is 2.30. The van der Waals surface area contributed by atoms with Gasteiger partial charge in [-0.15, -0.1) is 24.0 Å². The second kappa shape index (κ2) is 8.09. The molecule has 1 aromatic heterocycles. The summed E-state index contributed by atoms with van der Waals surface area (Å²) in [4.78, 5) is 13.5. The van der Waals surface area contributed by atoms with Gasteiger partial charge in [0.05, 0.1) is 6.54 Å². The third-order valence-electron chi connectivity index (χ3n) is 4.31. The van der Waals surface area contributed by atoms with Crippen LogP contribution in [-0.2, 0) is 6.54 Å². The largest absolute Gasteiger partial charge is 0.349 e. The van der Waals surface area contributed by atoms with Crippen molar-refractivity contribution in [2.45, 2.75) is 38.8 Å². The molecule has 0 aromatic carbocycles. The molecule has 7 nitrogen and oxygen atoms in total. The monoisotopic (exact) mass is 420 g/mol. The lowest BCUT2D eigenvalue weighted by atomic mass is 10.2. The van der Waals surface area contributed by atoms with Crippen LogP contribution < -0.4 is 5.32 Å². The van der Waals surface area contributed by atoms with Gasteiger partial charge in [0.2, 0.25) is 5.89 Å². The standard InChI is InChI=1S/C14H24N6O.HI/c1-11-17-13(18-21-11)9-16-14(15-2)20-8-5-12(10-20)19-6-3-4-7-19;/h12H,3-10H2,1-2H3,(H,15,16);1H. The first-order valence-corrected chi connectivity index (χ1v) is 7.75. The molecule has 124 valence electrons. The van der Waals surface area contributed by atoms with Gasteiger partial charge in [0, 0.05) is 33.1 Å². The molecule has 3 heterocycles. The van der Waals surface area contributed by atoms with Gasteiger partial charge in [-0.3, -0.25) is 9.89 Å². The topological polar surface area (TPSA) is 69.8 Å². The SMILES string of the molecule is CN=C(NCc1noc(C)n1)N1CCC(N2CCCC2)C1.I. The molecule has 0 saturated carbocycles. The lowest BCUT2D eigenvalue weighted by molar-refractivity contribution is 0.249. The number of hydrogen-bond donors (Lipinski definition) is 1. The molecular formula is C14H25IN6O. The summed E-state index contributed by atoms with van der Waals surface area (Å²) in [5.74, 6) is 2.19. The van der Waals surface area contributed by atoms with Crippen LogP contribution in [0.2, 0.25) is 0 Å². The Hall–Kier alpha value is -0.900. The minimum atomic E-state index is 0. The van der Waals surface area contributed by atoms with Gasteiger partial charge in [-0.1, -0.05) is 5.16 Å². The van der Waals surface area contributed by atoms with Crippen molar-refractivity contribution >= 4 is 29.9 Å². The number of nitrogens with one attached hydrogen (secondary N) is 1. The Morgan fingerprint density at radius 1 is 1.36 bits per heavy atom. The Balaban J connectivity index is 0.00000176. The number of aryl methyl sites for hydroxylation is 1. The fraction of sp³-hybridized carbons (Fsp3) is 0.786. The van der Waals surface area contributed by atoms with Crippen molar-refractivity contribution < 1.29 is 4.52 Å². The first-order chi connectivity index (χ1) is 10.3. The minimum absolute atomic E-state index is 0. The van der Waals surface area contributed by atoms with E-state index in [0.29, 0.717) is 24.3 Å². The molecule has 8 heteroatoms. The van der Waals surface area contributed by atoms with Crippen molar-refractivity contribution in [1.82, 2.24) is 25.3 Å². The van der Waals surface area contributed by atoms with E-state index in [2.05, 4.69) is 30.2 Å². The Bertz CT molecular complexity index is 499. The predicted octanol–water partition coefficient (Wildman–Crippen LogP) is 1.24. The quantitative estimate of drug-likeness (QED) is 0.451. The number of rotatable bonds is 3. The first kappa shape index (κ1) is 17.5. The van der Waals surface area contributed by atoms with Gasteiger partial charge >= 0.3 is 0 Å². The maximum Gasteiger partial charge on any atom is 0.223 e. The summed E-state index contributed by atoms with van der Waals surface area (Å²) in [6.45, 7) is 6.98. The summed E-state index contributed by atoms with van der Waals surface area (Å²) in [7, 11) is 1.83. The molecule has 1 unspecified atom stereocenters. The van der Waals surface area contributed by atoms with E-state index in [9.17, 15) is 0 Å². The molecule has 1 atom stereocenters. The lowest BCUT2D eigenvalue weighted by Gasteiger charge is -2.25. The van der Waals surface area contributed by atoms with Crippen molar-refractivity contribution in [1.29, 1.82) is 0 Å². The summed E-state index contributed by atoms with van der Waals surface area (Å²) in [5, 5.41) is 7.22. The summed E-state index contributed by atoms with van der Waals surface area (Å²) in [5.41, 5.74) is 0. The molecule has 2 saturated heterocycles. The van der Waals surface area contributed by atoms with E-state index in [1.807, 2.05) is 7.05 Å². The zero-order chi connectivity index (χ0) is 14.7. The van der Waals surface area contributed by atoms with Gasteiger partial charge < -0.3 is 14.7 Å². The third kappa shape index (κ3) is 4.09. The van der Waals surface area contributed by atoms with Crippen LogP contribution in [0.4, 0.5) is 0 Å². The number of hydrogen-bond acceptors (Lipinski definition) is 5. The van der Waals surface area contributed by atoms with Crippen LogP contribution >= 0.6 is 24.0 Å². The number of halogens is 1. The molecule has 0 radical (unpaired) electrons. The predicted molar refractivity (Wildman–Crippen MR) is 95.4 cm³/mol. The van der Waals surface area contributed by atoms with Crippen LogP contribution in [-0.4, -0.2) is 65.2 Å². The molecule has 0 bridgehead atoms. The van der Waals surface area contributed by atoms with Crippen molar-refractivity contribution in [3.8, 4) is 0 Å². The Kier molecular flexibility index (Phi) is 6.42. The summed E-state index contributed by atoms with van der Waals surface area (Å²) >= 11 is 0. The Morgan fingerprint density at radius 2 is 2.14 bits per heavy atom. The van der Waals surface area contributed by atoms with Gasteiger partial charge in [-0.25, -0.2) is 0 Å². The van der Waals surface area contributed by atoms with Crippen LogP contribution in [0.1, 0.15) is 31.0 Å². The van der Waals surface area contributed by atoms with E-state index < -0.39 is 0 Å².